The topological polar surface area (TPSA) is 56.8 Å². The Hall–Kier alpha value is -2.40. The monoisotopic (exact) mass is 389 g/mol. The van der Waals surface area contributed by atoms with Crippen molar-refractivity contribution in [2.75, 3.05) is 20.3 Å². The molecule has 1 heterocycles. The van der Waals surface area contributed by atoms with Crippen molar-refractivity contribution < 1.29 is 19.0 Å². The van der Waals surface area contributed by atoms with Crippen LogP contribution in [-0.2, 0) is 11.2 Å². The molecule has 3 rings (SSSR count). The van der Waals surface area contributed by atoms with Crippen LogP contribution in [0.5, 0.6) is 17.2 Å². The molecule has 1 N–H and O–H groups in total. The second kappa shape index (κ2) is 8.53. The lowest BCUT2D eigenvalue weighted by atomic mass is 9.95. The van der Waals surface area contributed by atoms with E-state index in [0.717, 1.165) is 16.9 Å². The molecular formula is C21H24ClNO4. The number of nitrogens with one attached hydrogen (secondary N) is 1. The first-order valence-corrected chi connectivity index (χ1v) is 9.37. The molecule has 0 radical (unpaired) electrons. The molecule has 0 aromatic heterocycles. The van der Waals surface area contributed by atoms with Gasteiger partial charge in [0, 0.05) is 0 Å². The maximum atomic E-state index is 12.7. The summed E-state index contributed by atoms with van der Waals surface area (Å²) >= 11 is 6.26. The molecule has 0 fully saturated rings. The molecule has 1 aliphatic heterocycles. The highest BCUT2D eigenvalue weighted by molar-refractivity contribution is 6.32. The summed E-state index contributed by atoms with van der Waals surface area (Å²) in [5, 5.41) is 3.59. The minimum absolute atomic E-state index is 0.0720. The summed E-state index contributed by atoms with van der Waals surface area (Å²) in [7, 11) is 1.63. The van der Waals surface area contributed by atoms with Crippen molar-refractivity contribution >= 4 is 17.5 Å². The number of hydrogen-bond donors (Lipinski definition) is 1. The average Bonchev–Trinajstić information content (AvgIpc) is 2.66. The Kier molecular flexibility index (Phi) is 6.11. The van der Waals surface area contributed by atoms with E-state index in [9.17, 15) is 4.79 Å². The zero-order valence-corrected chi connectivity index (χ0v) is 16.5. The molecule has 0 saturated heterocycles. The van der Waals surface area contributed by atoms with Gasteiger partial charge in [0.15, 0.2) is 11.5 Å². The van der Waals surface area contributed by atoms with E-state index >= 15 is 0 Å². The summed E-state index contributed by atoms with van der Waals surface area (Å²) in [6.45, 7) is 5.11. The largest absolute Gasteiger partial charge is 0.497 e. The number of carbonyl (C=O) groups excluding carboxylic acids is 1. The normalized spacial score (nSPS) is 14.0. The van der Waals surface area contributed by atoms with E-state index in [1.165, 1.54) is 0 Å². The van der Waals surface area contributed by atoms with Crippen LogP contribution >= 0.6 is 11.6 Å². The Bertz CT molecular complexity index is 805. The number of fused-ring (bicyclic) bond motifs is 1. The number of benzene rings is 2. The predicted molar refractivity (Wildman–Crippen MR) is 105 cm³/mol. The molecule has 0 saturated carbocycles. The van der Waals surface area contributed by atoms with Gasteiger partial charge in [-0.3, -0.25) is 4.79 Å². The average molecular weight is 390 g/mol. The highest BCUT2D eigenvalue weighted by atomic mass is 35.5. The van der Waals surface area contributed by atoms with E-state index in [2.05, 4.69) is 19.2 Å². The van der Waals surface area contributed by atoms with Crippen LogP contribution in [0.4, 0.5) is 0 Å². The van der Waals surface area contributed by atoms with Gasteiger partial charge in [0.2, 0.25) is 5.91 Å². The molecule has 1 amide bonds. The minimum atomic E-state index is -0.0870. The number of hydrogen-bond acceptors (Lipinski definition) is 4. The van der Waals surface area contributed by atoms with Crippen molar-refractivity contribution in [1.82, 2.24) is 5.32 Å². The van der Waals surface area contributed by atoms with Crippen molar-refractivity contribution in [2.45, 2.75) is 26.3 Å². The third-order valence-electron chi connectivity index (χ3n) is 4.48. The second-order valence-electron chi connectivity index (χ2n) is 6.84. The molecule has 6 heteroatoms. The van der Waals surface area contributed by atoms with Crippen molar-refractivity contribution in [2.24, 2.45) is 5.92 Å². The van der Waals surface area contributed by atoms with E-state index in [1.807, 2.05) is 30.3 Å². The Morgan fingerprint density at radius 3 is 2.56 bits per heavy atom. The van der Waals surface area contributed by atoms with Crippen molar-refractivity contribution in [3.05, 3.63) is 52.5 Å². The van der Waals surface area contributed by atoms with Crippen LogP contribution in [0, 0.1) is 5.92 Å². The number of halogens is 1. The fourth-order valence-corrected chi connectivity index (χ4v) is 3.41. The summed E-state index contributed by atoms with van der Waals surface area (Å²) in [4.78, 5) is 12.7. The number of carbonyl (C=O) groups is 1. The Balaban J connectivity index is 1.72. The summed E-state index contributed by atoms with van der Waals surface area (Å²) < 4.78 is 16.3. The number of ether oxygens (including phenoxy) is 3. The fraction of sp³-hybridized carbons (Fsp3) is 0.381. The lowest BCUT2D eigenvalue weighted by Gasteiger charge is -2.24. The number of rotatable bonds is 6. The predicted octanol–water partition coefficient (Wildman–Crippen LogP) is 4.18. The fourth-order valence-electron chi connectivity index (χ4n) is 3.12. The van der Waals surface area contributed by atoms with Gasteiger partial charge >= 0.3 is 0 Å². The van der Waals surface area contributed by atoms with Crippen LogP contribution in [0.25, 0.3) is 0 Å². The molecule has 0 bridgehead atoms. The van der Waals surface area contributed by atoms with E-state index in [0.29, 0.717) is 29.7 Å². The summed E-state index contributed by atoms with van der Waals surface area (Å²) in [5.41, 5.74) is 1.83. The first kappa shape index (κ1) is 19.4. The van der Waals surface area contributed by atoms with Gasteiger partial charge in [-0.15, -0.1) is 0 Å². The smallest absolute Gasteiger partial charge is 0.224 e. The number of methoxy groups -OCH3 is 1. The van der Waals surface area contributed by atoms with E-state index in [4.69, 9.17) is 25.8 Å². The standard InChI is InChI=1S/C21H24ClNO4/c1-13(2)20(15-4-6-16(25-3)7-5-15)23-19(24)12-14-10-17(22)21-18(11-14)26-8-9-27-21/h4-7,10-11,13,20H,8-9,12H2,1-3H3,(H,23,24). The Labute approximate surface area is 164 Å². The summed E-state index contributed by atoms with van der Waals surface area (Å²) in [6, 6.07) is 11.2. The van der Waals surface area contributed by atoms with Crippen LogP contribution in [0.3, 0.4) is 0 Å². The second-order valence-corrected chi connectivity index (χ2v) is 7.25. The van der Waals surface area contributed by atoms with E-state index in [1.54, 1.807) is 13.2 Å². The zero-order valence-electron chi connectivity index (χ0n) is 15.8. The molecule has 0 spiro atoms. The van der Waals surface area contributed by atoms with Crippen LogP contribution in [0.2, 0.25) is 5.02 Å². The quantitative estimate of drug-likeness (QED) is 0.805. The minimum Gasteiger partial charge on any atom is -0.497 e. The van der Waals surface area contributed by atoms with Crippen LogP contribution in [0.15, 0.2) is 36.4 Å². The highest BCUT2D eigenvalue weighted by Gasteiger charge is 2.21. The molecule has 2 aromatic rings. The maximum Gasteiger partial charge on any atom is 0.224 e. The lowest BCUT2D eigenvalue weighted by Crippen LogP contribution is -2.32. The molecule has 144 valence electrons. The zero-order chi connectivity index (χ0) is 19.4. The van der Waals surface area contributed by atoms with Gasteiger partial charge in [-0.2, -0.15) is 0 Å². The molecular weight excluding hydrogens is 366 g/mol. The van der Waals surface area contributed by atoms with Crippen LogP contribution in [0.1, 0.15) is 31.0 Å². The number of amides is 1. The summed E-state index contributed by atoms with van der Waals surface area (Å²) in [6.07, 6.45) is 0.218. The Morgan fingerprint density at radius 2 is 1.89 bits per heavy atom. The molecule has 2 aromatic carbocycles. The van der Waals surface area contributed by atoms with E-state index in [-0.39, 0.29) is 24.3 Å². The van der Waals surface area contributed by atoms with Gasteiger partial charge in [0.05, 0.1) is 24.6 Å². The van der Waals surface area contributed by atoms with Gasteiger partial charge in [0.25, 0.3) is 0 Å². The molecule has 1 atom stereocenters. The van der Waals surface area contributed by atoms with Gasteiger partial charge in [-0.05, 0) is 41.3 Å². The third-order valence-corrected chi connectivity index (χ3v) is 4.76. The first-order valence-electron chi connectivity index (χ1n) is 8.99. The van der Waals surface area contributed by atoms with Crippen molar-refractivity contribution in [3.8, 4) is 17.2 Å². The first-order chi connectivity index (χ1) is 13.0. The van der Waals surface area contributed by atoms with Crippen molar-refractivity contribution in [1.29, 1.82) is 0 Å². The molecule has 1 unspecified atom stereocenters. The maximum absolute atomic E-state index is 12.7. The summed E-state index contributed by atoms with van der Waals surface area (Å²) in [5.74, 6) is 2.10. The molecule has 1 aliphatic rings. The Morgan fingerprint density at radius 1 is 1.19 bits per heavy atom. The van der Waals surface area contributed by atoms with Gasteiger partial charge in [0.1, 0.15) is 19.0 Å². The van der Waals surface area contributed by atoms with Crippen molar-refractivity contribution in [3.63, 3.8) is 0 Å². The van der Waals surface area contributed by atoms with Gasteiger partial charge in [-0.1, -0.05) is 37.6 Å². The SMILES string of the molecule is COc1ccc(C(NC(=O)Cc2cc(Cl)c3c(c2)OCCO3)C(C)C)cc1. The molecule has 5 nitrogen and oxygen atoms in total. The van der Waals surface area contributed by atoms with Gasteiger partial charge in [-0.25, -0.2) is 0 Å². The lowest BCUT2D eigenvalue weighted by molar-refractivity contribution is -0.121. The third kappa shape index (κ3) is 4.66. The van der Waals surface area contributed by atoms with Crippen LogP contribution < -0.4 is 19.5 Å². The molecule has 27 heavy (non-hydrogen) atoms. The van der Waals surface area contributed by atoms with Gasteiger partial charge < -0.3 is 19.5 Å². The van der Waals surface area contributed by atoms with E-state index < -0.39 is 0 Å². The highest BCUT2D eigenvalue weighted by Crippen LogP contribution is 2.38. The van der Waals surface area contributed by atoms with Crippen LogP contribution in [-0.4, -0.2) is 26.2 Å². The molecule has 0 aliphatic carbocycles.